The van der Waals surface area contributed by atoms with Crippen LogP contribution in [0.25, 0.3) is 0 Å². The maximum Gasteiger partial charge on any atom is 0.175 e. The zero-order valence-corrected chi connectivity index (χ0v) is 12.4. The molecule has 0 bridgehead atoms. The second kappa shape index (κ2) is 4.95. The molecule has 4 N–H and O–H groups in total. The number of anilines is 1. The van der Waals surface area contributed by atoms with E-state index in [2.05, 4.69) is 32.9 Å². The molecule has 0 aromatic heterocycles. The normalized spacial score (nSPS) is 17.1. The third-order valence-electron chi connectivity index (χ3n) is 3.03. The van der Waals surface area contributed by atoms with Crippen molar-refractivity contribution in [3.8, 4) is 11.5 Å². The maximum atomic E-state index is 10.1. The average Bonchev–Trinajstić information content (AvgIpc) is 2.42. The van der Waals surface area contributed by atoms with Gasteiger partial charge in [-0.15, -0.1) is 0 Å². The molecular weight excluding hydrogens is 371 g/mol. The van der Waals surface area contributed by atoms with Crippen LogP contribution in [0.3, 0.4) is 0 Å². The van der Waals surface area contributed by atoms with Crippen LogP contribution in [0.5, 0.6) is 11.5 Å². The van der Waals surface area contributed by atoms with E-state index in [1.165, 1.54) is 18.2 Å². The SMILES string of the molecule is Oc1ccc(O)c(C2=NC(O)c3cc(I)ccc3N2)c1. The topological polar surface area (TPSA) is 85.1 Å². The van der Waals surface area contributed by atoms with E-state index < -0.39 is 6.23 Å². The third-order valence-corrected chi connectivity index (χ3v) is 3.70. The number of aromatic hydroxyl groups is 2. The first kappa shape index (κ1) is 13.2. The fourth-order valence-corrected chi connectivity index (χ4v) is 2.58. The van der Waals surface area contributed by atoms with Crippen LogP contribution in [-0.2, 0) is 0 Å². The van der Waals surface area contributed by atoms with Gasteiger partial charge in [-0.25, -0.2) is 4.99 Å². The van der Waals surface area contributed by atoms with E-state index in [-0.39, 0.29) is 11.5 Å². The van der Waals surface area contributed by atoms with Crippen molar-refractivity contribution in [1.82, 2.24) is 0 Å². The second-order valence-corrected chi connectivity index (χ2v) is 5.66. The average molecular weight is 382 g/mol. The highest BCUT2D eigenvalue weighted by atomic mass is 127. The fraction of sp³-hybridized carbons (Fsp3) is 0.0714. The lowest BCUT2D eigenvalue weighted by Crippen LogP contribution is -2.21. The number of benzene rings is 2. The van der Waals surface area contributed by atoms with E-state index in [0.29, 0.717) is 17.0 Å². The molecule has 0 saturated carbocycles. The highest BCUT2D eigenvalue weighted by molar-refractivity contribution is 14.1. The molecule has 102 valence electrons. The van der Waals surface area contributed by atoms with E-state index in [1.54, 1.807) is 0 Å². The summed E-state index contributed by atoms with van der Waals surface area (Å²) in [5.41, 5.74) is 1.75. The molecule has 5 nitrogen and oxygen atoms in total. The summed E-state index contributed by atoms with van der Waals surface area (Å²) in [6.45, 7) is 0. The molecule has 1 heterocycles. The predicted octanol–water partition coefficient (Wildman–Crippen LogP) is 2.57. The summed E-state index contributed by atoms with van der Waals surface area (Å²) in [7, 11) is 0. The Kier molecular flexibility index (Phi) is 3.27. The van der Waals surface area contributed by atoms with Crippen molar-refractivity contribution in [2.75, 3.05) is 5.32 Å². The number of fused-ring (bicyclic) bond motifs is 1. The number of phenolic OH excluding ortho intramolecular Hbond substituents is 2. The predicted molar refractivity (Wildman–Crippen MR) is 84.1 cm³/mol. The maximum absolute atomic E-state index is 10.1. The summed E-state index contributed by atoms with van der Waals surface area (Å²) in [5, 5.41) is 32.5. The fourth-order valence-electron chi connectivity index (χ4n) is 2.06. The Balaban J connectivity index is 2.06. The summed E-state index contributed by atoms with van der Waals surface area (Å²) < 4.78 is 1.00. The van der Waals surface area contributed by atoms with Crippen LogP contribution in [0.1, 0.15) is 17.4 Å². The Hall–Kier alpha value is -1.80. The first-order valence-corrected chi connectivity index (χ1v) is 6.97. The lowest BCUT2D eigenvalue weighted by Gasteiger charge is -2.23. The summed E-state index contributed by atoms with van der Waals surface area (Å²) >= 11 is 2.16. The van der Waals surface area contributed by atoms with E-state index in [0.717, 1.165) is 9.26 Å². The van der Waals surface area contributed by atoms with Gasteiger partial charge in [0.2, 0.25) is 0 Å². The Labute approximate surface area is 128 Å². The molecule has 1 unspecified atom stereocenters. The minimum absolute atomic E-state index is 0.0183. The van der Waals surface area contributed by atoms with Crippen LogP contribution in [0.2, 0.25) is 0 Å². The molecule has 20 heavy (non-hydrogen) atoms. The van der Waals surface area contributed by atoms with E-state index in [4.69, 9.17) is 0 Å². The lowest BCUT2D eigenvalue weighted by atomic mass is 10.1. The van der Waals surface area contributed by atoms with Crippen molar-refractivity contribution in [1.29, 1.82) is 0 Å². The molecule has 1 atom stereocenters. The minimum Gasteiger partial charge on any atom is -0.508 e. The van der Waals surface area contributed by atoms with Crippen LogP contribution in [0.15, 0.2) is 41.4 Å². The summed E-state index contributed by atoms with van der Waals surface area (Å²) in [6.07, 6.45) is -1.00. The number of amidine groups is 1. The first-order valence-electron chi connectivity index (χ1n) is 5.89. The number of hydrogen-bond donors (Lipinski definition) is 4. The Morgan fingerprint density at radius 2 is 1.90 bits per heavy atom. The molecule has 1 aliphatic heterocycles. The quantitative estimate of drug-likeness (QED) is 0.451. The van der Waals surface area contributed by atoms with E-state index >= 15 is 0 Å². The van der Waals surface area contributed by atoms with Crippen molar-refractivity contribution in [3.63, 3.8) is 0 Å². The molecule has 2 aromatic carbocycles. The minimum atomic E-state index is -1.00. The van der Waals surface area contributed by atoms with Gasteiger partial charge in [0.1, 0.15) is 17.3 Å². The number of aliphatic hydroxyl groups excluding tert-OH is 1. The van der Waals surface area contributed by atoms with E-state index in [1.807, 2.05) is 18.2 Å². The number of nitrogens with zero attached hydrogens (tertiary/aromatic N) is 1. The van der Waals surface area contributed by atoms with Crippen LogP contribution >= 0.6 is 22.6 Å². The van der Waals surface area contributed by atoms with Gasteiger partial charge >= 0.3 is 0 Å². The number of aliphatic hydroxyl groups is 1. The monoisotopic (exact) mass is 382 g/mol. The van der Waals surface area contributed by atoms with Crippen molar-refractivity contribution in [2.45, 2.75) is 6.23 Å². The second-order valence-electron chi connectivity index (χ2n) is 4.41. The number of rotatable bonds is 1. The lowest BCUT2D eigenvalue weighted by molar-refractivity contribution is 0.188. The zero-order valence-electron chi connectivity index (χ0n) is 10.2. The van der Waals surface area contributed by atoms with E-state index in [9.17, 15) is 15.3 Å². The highest BCUT2D eigenvalue weighted by Crippen LogP contribution is 2.33. The molecule has 0 amide bonds. The van der Waals surface area contributed by atoms with Gasteiger partial charge in [-0.2, -0.15) is 0 Å². The van der Waals surface area contributed by atoms with Gasteiger partial charge in [-0.1, -0.05) is 0 Å². The summed E-state index contributed by atoms with van der Waals surface area (Å²) in [5.74, 6) is 0.319. The molecule has 6 heteroatoms. The van der Waals surface area contributed by atoms with Crippen LogP contribution < -0.4 is 5.32 Å². The molecule has 0 radical (unpaired) electrons. The summed E-state index contributed by atoms with van der Waals surface area (Å²) in [6, 6.07) is 9.75. The van der Waals surface area contributed by atoms with Crippen molar-refractivity contribution in [3.05, 3.63) is 51.1 Å². The Morgan fingerprint density at radius 1 is 1.10 bits per heavy atom. The Morgan fingerprint density at radius 3 is 2.70 bits per heavy atom. The van der Waals surface area contributed by atoms with Crippen LogP contribution in [-0.4, -0.2) is 21.2 Å². The molecule has 0 fully saturated rings. The largest absolute Gasteiger partial charge is 0.508 e. The molecule has 0 spiro atoms. The number of halogens is 1. The van der Waals surface area contributed by atoms with Gasteiger partial charge in [0, 0.05) is 14.8 Å². The van der Waals surface area contributed by atoms with Crippen molar-refractivity contribution in [2.24, 2.45) is 4.99 Å². The smallest absolute Gasteiger partial charge is 0.175 e. The molecule has 0 aliphatic carbocycles. The highest BCUT2D eigenvalue weighted by Gasteiger charge is 2.22. The number of aliphatic imine (C=N–C) groups is 1. The molecule has 0 saturated heterocycles. The van der Waals surface area contributed by atoms with Crippen molar-refractivity contribution >= 4 is 34.1 Å². The number of hydrogen-bond acceptors (Lipinski definition) is 5. The van der Waals surface area contributed by atoms with Crippen molar-refractivity contribution < 1.29 is 15.3 Å². The van der Waals surface area contributed by atoms with Gasteiger partial charge in [0.15, 0.2) is 6.23 Å². The van der Waals surface area contributed by atoms with Gasteiger partial charge in [0.05, 0.1) is 5.56 Å². The third kappa shape index (κ3) is 2.32. The van der Waals surface area contributed by atoms with Gasteiger partial charge in [-0.3, -0.25) is 0 Å². The first-order chi connectivity index (χ1) is 9.54. The zero-order chi connectivity index (χ0) is 14.3. The molecule has 1 aliphatic rings. The Bertz CT molecular complexity index is 716. The van der Waals surface area contributed by atoms with Gasteiger partial charge in [-0.05, 0) is 59.0 Å². The number of nitrogens with one attached hydrogen (secondary N) is 1. The van der Waals surface area contributed by atoms with Gasteiger partial charge in [0.25, 0.3) is 0 Å². The van der Waals surface area contributed by atoms with Gasteiger partial charge < -0.3 is 20.6 Å². The van der Waals surface area contributed by atoms with Crippen LogP contribution in [0, 0.1) is 3.57 Å². The van der Waals surface area contributed by atoms with Crippen LogP contribution in [0.4, 0.5) is 5.69 Å². The molecular formula is C14H11IN2O3. The summed E-state index contributed by atoms with van der Waals surface area (Å²) in [4.78, 5) is 4.12. The standard InChI is InChI=1S/C14H11IN2O3/c15-7-1-3-11-9(5-7)14(20)17-13(16-11)10-6-8(18)2-4-12(10)19/h1-6,14,18-20H,(H,16,17). The molecule has 3 rings (SSSR count). The molecule has 2 aromatic rings. The number of phenols is 2.